The molecule has 9 nitrogen and oxygen atoms in total. The normalized spacial score (nSPS) is 16.9. The Balaban J connectivity index is 1.46. The largest absolute Gasteiger partial charge is 0.298 e. The molecule has 11 heteroatoms. The van der Waals surface area contributed by atoms with E-state index < -0.39 is 20.9 Å². The van der Waals surface area contributed by atoms with Gasteiger partial charge in [-0.1, -0.05) is 18.6 Å². The summed E-state index contributed by atoms with van der Waals surface area (Å²) in [4.78, 5) is 27.6. The second-order valence-corrected chi connectivity index (χ2v) is 10.5. The molecule has 1 saturated heterocycles. The zero-order chi connectivity index (χ0) is 23.6. The fourth-order valence-electron chi connectivity index (χ4n) is 3.75. The standard InChI is InChI=1S/C22H22N4O5S2/c1-15-5-2-3-12-25(15)33(30,31)19-10-8-16(9-11-19)21(27)24-22-23-20(14-32-22)17-6-4-7-18(13-17)26(28)29/h4,6-11,13-15H,2-3,5,12H2,1H3,(H,23,24,27). The van der Waals surface area contributed by atoms with Crippen molar-refractivity contribution < 1.29 is 18.1 Å². The summed E-state index contributed by atoms with van der Waals surface area (Å²) in [7, 11) is -3.61. The zero-order valence-corrected chi connectivity index (χ0v) is 19.4. The molecular weight excluding hydrogens is 464 g/mol. The van der Waals surface area contributed by atoms with Gasteiger partial charge in [-0.05, 0) is 44.0 Å². The summed E-state index contributed by atoms with van der Waals surface area (Å²) in [6.45, 7) is 2.41. The van der Waals surface area contributed by atoms with Gasteiger partial charge in [-0.2, -0.15) is 4.31 Å². The van der Waals surface area contributed by atoms with Crippen molar-refractivity contribution in [2.45, 2.75) is 37.1 Å². The van der Waals surface area contributed by atoms with Gasteiger partial charge in [-0.15, -0.1) is 11.3 Å². The van der Waals surface area contributed by atoms with Crippen molar-refractivity contribution >= 4 is 38.1 Å². The Hall–Kier alpha value is -3.15. The number of nitrogens with one attached hydrogen (secondary N) is 1. The predicted molar refractivity (Wildman–Crippen MR) is 126 cm³/mol. The summed E-state index contributed by atoms with van der Waals surface area (Å²) < 4.78 is 27.4. The second-order valence-electron chi connectivity index (χ2n) is 7.78. The highest BCUT2D eigenvalue weighted by atomic mass is 32.2. The molecule has 172 valence electrons. The van der Waals surface area contributed by atoms with Gasteiger partial charge < -0.3 is 0 Å². The summed E-state index contributed by atoms with van der Waals surface area (Å²) in [6, 6.07) is 11.9. The molecule has 0 saturated carbocycles. The highest BCUT2D eigenvalue weighted by Crippen LogP contribution is 2.28. The third-order valence-corrected chi connectivity index (χ3v) is 8.33. The Morgan fingerprint density at radius 3 is 2.67 bits per heavy atom. The molecule has 1 aliphatic heterocycles. The monoisotopic (exact) mass is 486 g/mol. The van der Waals surface area contributed by atoms with E-state index in [0.717, 1.165) is 19.3 Å². The van der Waals surface area contributed by atoms with E-state index in [1.165, 1.54) is 52.0 Å². The number of rotatable bonds is 6. The van der Waals surface area contributed by atoms with E-state index in [1.54, 1.807) is 17.5 Å². The van der Waals surface area contributed by atoms with Crippen LogP contribution in [0, 0.1) is 10.1 Å². The van der Waals surface area contributed by atoms with E-state index in [4.69, 9.17) is 0 Å². The first-order chi connectivity index (χ1) is 15.8. The van der Waals surface area contributed by atoms with Crippen molar-refractivity contribution in [2.24, 2.45) is 0 Å². The van der Waals surface area contributed by atoms with E-state index in [-0.39, 0.29) is 16.6 Å². The highest BCUT2D eigenvalue weighted by molar-refractivity contribution is 7.89. The lowest BCUT2D eigenvalue weighted by Crippen LogP contribution is -2.41. The van der Waals surface area contributed by atoms with Crippen molar-refractivity contribution in [1.29, 1.82) is 0 Å². The van der Waals surface area contributed by atoms with Crippen LogP contribution in [0.4, 0.5) is 10.8 Å². The molecule has 1 aliphatic rings. The molecule has 2 heterocycles. The lowest BCUT2D eigenvalue weighted by atomic mass is 10.1. The van der Waals surface area contributed by atoms with Crippen molar-refractivity contribution in [1.82, 2.24) is 9.29 Å². The van der Waals surface area contributed by atoms with Crippen molar-refractivity contribution in [3.63, 3.8) is 0 Å². The molecular formula is C22H22N4O5S2. The molecule has 3 aromatic rings. The first-order valence-corrected chi connectivity index (χ1v) is 12.7. The predicted octanol–water partition coefficient (Wildman–Crippen LogP) is 4.53. The first-order valence-electron chi connectivity index (χ1n) is 10.4. The summed E-state index contributed by atoms with van der Waals surface area (Å²) in [5.41, 5.74) is 1.34. The van der Waals surface area contributed by atoms with Gasteiger partial charge in [-0.25, -0.2) is 13.4 Å². The number of non-ortho nitro benzene ring substituents is 1. The molecule has 0 bridgehead atoms. The minimum atomic E-state index is -3.61. The average Bonchev–Trinajstić information content (AvgIpc) is 3.28. The van der Waals surface area contributed by atoms with E-state index >= 15 is 0 Å². The molecule has 1 aromatic heterocycles. The van der Waals surface area contributed by atoms with E-state index in [2.05, 4.69) is 10.3 Å². The van der Waals surface area contributed by atoms with Crippen LogP contribution >= 0.6 is 11.3 Å². The molecule has 1 amide bonds. The van der Waals surface area contributed by atoms with Crippen molar-refractivity contribution in [2.75, 3.05) is 11.9 Å². The quantitative estimate of drug-likeness (QED) is 0.403. The smallest absolute Gasteiger partial charge is 0.270 e. The van der Waals surface area contributed by atoms with Crippen LogP contribution in [0.3, 0.4) is 0 Å². The van der Waals surface area contributed by atoms with Crippen LogP contribution in [0.15, 0.2) is 58.8 Å². The molecule has 1 unspecified atom stereocenters. The number of anilines is 1. The summed E-state index contributed by atoms with van der Waals surface area (Å²) in [5.74, 6) is -0.426. The minimum Gasteiger partial charge on any atom is -0.298 e. The van der Waals surface area contributed by atoms with Gasteiger partial charge in [0.2, 0.25) is 10.0 Å². The first kappa shape index (κ1) is 23.0. The van der Waals surface area contributed by atoms with Gasteiger partial charge in [0, 0.05) is 41.2 Å². The molecule has 4 rings (SSSR count). The number of carbonyl (C=O) groups excluding carboxylic acids is 1. The SMILES string of the molecule is CC1CCCCN1S(=O)(=O)c1ccc(C(=O)Nc2nc(-c3cccc([N+](=O)[O-])c3)cs2)cc1. The average molecular weight is 487 g/mol. The molecule has 1 N–H and O–H groups in total. The Kier molecular flexibility index (Phi) is 6.54. The molecule has 2 aromatic carbocycles. The third kappa shape index (κ3) is 4.95. The van der Waals surface area contributed by atoms with E-state index in [0.29, 0.717) is 28.5 Å². The minimum absolute atomic E-state index is 0.0416. The van der Waals surface area contributed by atoms with Crippen LogP contribution < -0.4 is 5.32 Å². The van der Waals surface area contributed by atoms with Crippen molar-refractivity contribution in [3.8, 4) is 11.3 Å². The van der Waals surface area contributed by atoms with Gasteiger partial charge >= 0.3 is 0 Å². The molecule has 1 fully saturated rings. The topological polar surface area (TPSA) is 123 Å². The lowest BCUT2D eigenvalue weighted by molar-refractivity contribution is -0.384. The summed E-state index contributed by atoms with van der Waals surface area (Å²) >= 11 is 1.19. The van der Waals surface area contributed by atoms with Crippen LogP contribution in [0.1, 0.15) is 36.5 Å². The maximum absolute atomic E-state index is 12.9. The van der Waals surface area contributed by atoms with Gasteiger partial charge in [0.15, 0.2) is 5.13 Å². The molecule has 0 aliphatic carbocycles. The van der Waals surface area contributed by atoms with Gasteiger partial charge in [-0.3, -0.25) is 20.2 Å². The maximum Gasteiger partial charge on any atom is 0.270 e. The van der Waals surface area contributed by atoms with E-state index in [9.17, 15) is 23.3 Å². The number of hydrogen-bond donors (Lipinski definition) is 1. The Labute approximate surface area is 195 Å². The number of sulfonamides is 1. The Morgan fingerprint density at radius 2 is 1.97 bits per heavy atom. The molecule has 1 atom stereocenters. The molecule has 0 spiro atoms. The number of thiazole rings is 1. The fraction of sp³-hybridized carbons (Fsp3) is 0.273. The van der Waals surface area contributed by atoms with Gasteiger partial charge in [0.25, 0.3) is 11.6 Å². The van der Waals surface area contributed by atoms with Crippen LogP contribution in [0.5, 0.6) is 0 Å². The summed E-state index contributed by atoms with van der Waals surface area (Å²) in [6.07, 6.45) is 2.70. The number of nitrogens with zero attached hydrogens (tertiary/aromatic N) is 3. The number of nitro benzene ring substituents is 1. The van der Waals surface area contributed by atoms with Crippen LogP contribution in [-0.4, -0.2) is 41.1 Å². The number of amides is 1. The third-order valence-electron chi connectivity index (χ3n) is 5.54. The highest BCUT2D eigenvalue weighted by Gasteiger charge is 2.31. The van der Waals surface area contributed by atoms with Gasteiger partial charge in [0.1, 0.15) is 0 Å². The maximum atomic E-state index is 12.9. The number of hydrogen-bond acceptors (Lipinski definition) is 7. The molecule has 33 heavy (non-hydrogen) atoms. The van der Waals surface area contributed by atoms with Crippen LogP contribution in [0.25, 0.3) is 11.3 Å². The molecule has 0 radical (unpaired) electrons. The second kappa shape index (κ2) is 9.38. The van der Waals surface area contributed by atoms with Gasteiger partial charge in [0.05, 0.1) is 15.5 Å². The van der Waals surface area contributed by atoms with Crippen LogP contribution in [0.2, 0.25) is 0 Å². The van der Waals surface area contributed by atoms with Crippen LogP contribution in [-0.2, 0) is 10.0 Å². The van der Waals surface area contributed by atoms with E-state index in [1.807, 2.05) is 6.92 Å². The summed E-state index contributed by atoms with van der Waals surface area (Å²) in [5, 5.41) is 15.7. The Morgan fingerprint density at radius 1 is 1.21 bits per heavy atom. The lowest BCUT2D eigenvalue weighted by Gasteiger charge is -2.32. The number of nitro groups is 1. The zero-order valence-electron chi connectivity index (χ0n) is 17.8. The number of benzene rings is 2. The van der Waals surface area contributed by atoms with Crippen molar-refractivity contribution in [3.05, 3.63) is 69.6 Å². The fourth-order valence-corrected chi connectivity index (χ4v) is 6.17. The number of piperidine rings is 1. The Bertz CT molecular complexity index is 1290. The number of carbonyl (C=O) groups is 1. The number of aromatic nitrogens is 1.